The lowest BCUT2D eigenvalue weighted by Crippen LogP contribution is -2.56. The lowest BCUT2D eigenvalue weighted by Gasteiger charge is -2.41. The summed E-state index contributed by atoms with van der Waals surface area (Å²) in [5.41, 5.74) is 2.61. The van der Waals surface area contributed by atoms with Crippen LogP contribution in [0.2, 0.25) is 5.02 Å². The second-order valence-electron chi connectivity index (χ2n) is 11.2. The second-order valence-corrected chi connectivity index (χ2v) is 11.7. The van der Waals surface area contributed by atoms with Crippen LogP contribution in [0, 0.1) is 5.92 Å². The van der Waals surface area contributed by atoms with Crippen molar-refractivity contribution in [2.75, 3.05) is 13.1 Å². The molecule has 3 aromatic carbocycles. The first-order chi connectivity index (χ1) is 20.0. The third-order valence-corrected chi connectivity index (χ3v) is 8.60. The number of hydrogen-bond acceptors (Lipinski definition) is 3. The minimum absolute atomic E-state index is 0.0160. The molecule has 1 heterocycles. The van der Waals surface area contributed by atoms with Crippen molar-refractivity contribution in [3.05, 3.63) is 107 Å². The minimum Gasteiger partial charge on any atom is -0.351 e. The predicted octanol–water partition coefficient (Wildman–Crippen LogP) is 5.89. The maximum atomic E-state index is 13.9. The van der Waals surface area contributed by atoms with E-state index in [9.17, 15) is 14.4 Å². The molecule has 1 saturated carbocycles. The zero-order valence-electron chi connectivity index (χ0n) is 23.4. The molecule has 3 atom stereocenters. The quantitative estimate of drug-likeness (QED) is 0.366. The second kappa shape index (κ2) is 13.8. The molecule has 2 unspecified atom stereocenters. The van der Waals surface area contributed by atoms with Gasteiger partial charge in [0, 0.05) is 36.3 Å². The number of nitrogens with one attached hydrogen (secondary N) is 1. The van der Waals surface area contributed by atoms with Crippen LogP contribution in [0.4, 0.5) is 0 Å². The fourth-order valence-corrected chi connectivity index (χ4v) is 6.25. The largest absolute Gasteiger partial charge is 0.351 e. The Bertz CT molecular complexity index is 1320. The minimum atomic E-state index is -0.249. The van der Waals surface area contributed by atoms with Crippen LogP contribution in [-0.2, 0) is 22.6 Å². The molecule has 2 fully saturated rings. The average molecular weight is 572 g/mol. The Morgan fingerprint density at radius 2 is 1.49 bits per heavy atom. The number of rotatable bonds is 8. The van der Waals surface area contributed by atoms with Gasteiger partial charge in [-0.1, -0.05) is 85.1 Å². The van der Waals surface area contributed by atoms with Crippen molar-refractivity contribution < 1.29 is 14.4 Å². The van der Waals surface area contributed by atoms with Gasteiger partial charge in [-0.05, 0) is 61.1 Å². The molecule has 1 N–H and O–H groups in total. The van der Waals surface area contributed by atoms with E-state index in [-0.39, 0.29) is 35.7 Å². The predicted molar refractivity (Wildman–Crippen MR) is 161 cm³/mol. The molecule has 3 aromatic rings. The molecular weight excluding hydrogens is 534 g/mol. The summed E-state index contributed by atoms with van der Waals surface area (Å²) in [6.07, 6.45) is 5.56. The van der Waals surface area contributed by atoms with Crippen LogP contribution < -0.4 is 5.32 Å². The number of hydrogen-bond donors (Lipinski definition) is 1. The van der Waals surface area contributed by atoms with Gasteiger partial charge in [0.25, 0.3) is 5.91 Å². The lowest BCUT2D eigenvalue weighted by molar-refractivity contribution is -0.135. The third kappa shape index (κ3) is 7.56. The molecule has 2 aliphatic rings. The van der Waals surface area contributed by atoms with E-state index in [2.05, 4.69) is 5.32 Å². The van der Waals surface area contributed by atoms with E-state index < -0.39 is 0 Å². The summed E-state index contributed by atoms with van der Waals surface area (Å²) in [6.45, 7) is 1.56. The van der Waals surface area contributed by atoms with Crippen LogP contribution in [0.5, 0.6) is 0 Å². The van der Waals surface area contributed by atoms with Crippen LogP contribution in [-0.4, -0.2) is 52.7 Å². The molecule has 7 heteroatoms. The molecule has 3 amide bonds. The van der Waals surface area contributed by atoms with Crippen molar-refractivity contribution in [3.63, 3.8) is 0 Å². The van der Waals surface area contributed by atoms with Crippen molar-refractivity contribution in [1.82, 2.24) is 15.1 Å². The summed E-state index contributed by atoms with van der Waals surface area (Å²) in [6, 6.07) is 26.4. The van der Waals surface area contributed by atoms with Gasteiger partial charge < -0.3 is 15.1 Å². The van der Waals surface area contributed by atoms with Gasteiger partial charge in [-0.2, -0.15) is 0 Å². The fourth-order valence-electron chi connectivity index (χ4n) is 6.13. The molecule has 0 radical (unpaired) electrons. The summed E-state index contributed by atoms with van der Waals surface area (Å²) in [7, 11) is 0. The van der Waals surface area contributed by atoms with Gasteiger partial charge in [0.2, 0.25) is 11.8 Å². The van der Waals surface area contributed by atoms with Crippen LogP contribution in [0.3, 0.4) is 0 Å². The van der Waals surface area contributed by atoms with Crippen molar-refractivity contribution in [2.45, 2.75) is 63.6 Å². The number of benzene rings is 3. The lowest BCUT2D eigenvalue weighted by atomic mass is 9.87. The molecule has 1 aliphatic heterocycles. The Hall–Kier alpha value is -3.64. The highest BCUT2D eigenvalue weighted by Gasteiger charge is 2.36. The number of amides is 3. The average Bonchev–Trinajstić information content (AvgIpc) is 3.02. The van der Waals surface area contributed by atoms with Gasteiger partial charge >= 0.3 is 0 Å². The smallest absolute Gasteiger partial charge is 0.254 e. The number of halogens is 1. The van der Waals surface area contributed by atoms with Crippen LogP contribution in [0.15, 0.2) is 84.9 Å². The first-order valence-electron chi connectivity index (χ1n) is 14.7. The van der Waals surface area contributed by atoms with Crippen LogP contribution >= 0.6 is 11.6 Å². The molecule has 1 saturated heterocycles. The first kappa shape index (κ1) is 28.9. The molecule has 0 spiro atoms. The van der Waals surface area contributed by atoms with Crippen molar-refractivity contribution in [3.8, 4) is 0 Å². The standard InChI is InChI=1S/C34H38ClN3O3/c35-29-19-17-26(18-20-29)23-38(34(41)27-12-5-2-6-13-27)31-16-8-7-15-30(31)36-33(40)28-14-9-21-37(24-28)32(39)22-25-10-3-1-4-11-25/h1-6,10-13,17-20,28,30-31H,7-9,14-16,21-24H2,(H,36,40)/t28?,30?,31-/m1/s1. The van der Waals surface area contributed by atoms with E-state index in [0.29, 0.717) is 36.6 Å². The molecular formula is C34H38ClN3O3. The summed E-state index contributed by atoms with van der Waals surface area (Å²) in [4.78, 5) is 44.3. The zero-order chi connectivity index (χ0) is 28.6. The van der Waals surface area contributed by atoms with Crippen molar-refractivity contribution >= 4 is 29.3 Å². The monoisotopic (exact) mass is 571 g/mol. The Balaban J connectivity index is 1.29. The normalized spacial score (nSPS) is 20.7. The van der Waals surface area contributed by atoms with E-state index >= 15 is 0 Å². The van der Waals surface area contributed by atoms with E-state index in [4.69, 9.17) is 11.6 Å². The van der Waals surface area contributed by atoms with Crippen LogP contribution in [0.25, 0.3) is 0 Å². The Morgan fingerprint density at radius 1 is 0.805 bits per heavy atom. The highest BCUT2D eigenvalue weighted by molar-refractivity contribution is 6.30. The van der Waals surface area contributed by atoms with Gasteiger partial charge in [-0.3, -0.25) is 14.4 Å². The molecule has 41 heavy (non-hydrogen) atoms. The molecule has 214 valence electrons. The number of likely N-dealkylation sites (tertiary alicyclic amines) is 1. The van der Waals surface area contributed by atoms with Crippen molar-refractivity contribution in [2.24, 2.45) is 5.92 Å². The fraction of sp³-hybridized carbons (Fsp3) is 0.382. The van der Waals surface area contributed by atoms with Gasteiger partial charge in [0.05, 0.1) is 18.4 Å². The SMILES string of the molecule is O=C(NC1CCCC[C@H]1N(Cc1ccc(Cl)cc1)C(=O)c1ccccc1)C1CCCN(C(=O)Cc2ccccc2)C1. The Labute approximate surface area is 247 Å². The zero-order valence-corrected chi connectivity index (χ0v) is 24.1. The number of piperidine rings is 1. The number of carbonyl (C=O) groups excluding carboxylic acids is 3. The van der Waals surface area contributed by atoms with E-state index in [0.717, 1.165) is 49.7 Å². The molecule has 6 nitrogen and oxygen atoms in total. The molecule has 0 bridgehead atoms. The number of carbonyl (C=O) groups is 3. The third-order valence-electron chi connectivity index (χ3n) is 8.35. The van der Waals surface area contributed by atoms with Gasteiger partial charge in [0.15, 0.2) is 0 Å². The van der Waals surface area contributed by atoms with Gasteiger partial charge in [-0.25, -0.2) is 0 Å². The van der Waals surface area contributed by atoms with E-state index in [1.54, 1.807) is 0 Å². The van der Waals surface area contributed by atoms with Crippen molar-refractivity contribution in [1.29, 1.82) is 0 Å². The highest BCUT2D eigenvalue weighted by atomic mass is 35.5. The number of nitrogens with zero attached hydrogens (tertiary/aromatic N) is 2. The summed E-state index contributed by atoms with van der Waals surface area (Å²) in [5, 5.41) is 3.99. The maximum Gasteiger partial charge on any atom is 0.254 e. The summed E-state index contributed by atoms with van der Waals surface area (Å²) >= 11 is 6.13. The molecule has 1 aliphatic carbocycles. The molecule has 5 rings (SSSR count). The van der Waals surface area contributed by atoms with Gasteiger partial charge in [-0.15, -0.1) is 0 Å². The Kier molecular flexibility index (Phi) is 9.73. The topological polar surface area (TPSA) is 69.7 Å². The van der Waals surface area contributed by atoms with Crippen LogP contribution in [0.1, 0.15) is 60.0 Å². The van der Waals surface area contributed by atoms with E-state index in [1.807, 2.05) is 94.7 Å². The van der Waals surface area contributed by atoms with E-state index in [1.165, 1.54) is 0 Å². The summed E-state index contributed by atoms with van der Waals surface area (Å²) in [5.74, 6) is -0.243. The van der Waals surface area contributed by atoms with Gasteiger partial charge in [0.1, 0.15) is 0 Å². The Morgan fingerprint density at radius 3 is 2.22 bits per heavy atom. The summed E-state index contributed by atoms with van der Waals surface area (Å²) < 4.78 is 0. The highest BCUT2D eigenvalue weighted by Crippen LogP contribution is 2.28. The first-order valence-corrected chi connectivity index (χ1v) is 15.1. The maximum absolute atomic E-state index is 13.9. The molecule has 0 aromatic heterocycles.